The number of halogens is 1. The number of aromatic nitrogens is 1. The molecule has 0 fully saturated rings. The number of nitrogens with one attached hydrogen (secondary N) is 1. The van der Waals surface area contributed by atoms with Gasteiger partial charge in [0.1, 0.15) is 0 Å². The van der Waals surface area contributed by atoms with Gasteiger partial charge in [0.2, 0.25) is 0 Å². The number of fused-ring (bicyclic) bond motifs is 1. The summed E-state index contributed by atoms with van der Waals surface area (Å²) in [5.41, 5.74) is 0.499. The molecule has 13 heavy (non-hydrogen) atoms. The fourth-order valence-electron chi connectivity index (χ4n) is 1.22. The minimum absolute atomic E-state index is 0.0919. The molecule has 0 bridgehead atoms. The Balaban J connectivity index is 2.66. The number of hydrogen-bond acceptors (Lipinski definition) is 4. The normalized spacial score (nSPS) is 18.8. The summed E-state index contributed by atoms with van der Waals surface area (Å²) in [6, 6.07) is 1.57. The molecule has 1 aromatic rings. The Morgan fingerprint density at radius 3 is 3.08 bits per heavy atom. The Morgan fingerprint density at radius 1 is 1.54 bits per heavy atom. The Morgan fingerprint density at radius 2 is 2.31 bits per heavy atom. The first-order chi connectivity index (χ1) is 6.09. The van der Waals surface area contributed by atoms with Gasteiger partial charge in [-0.15, -0.1) is 0 Å². The quantitative estimate of drug-likeness (QED) is 0.704. The Hall–Kier alpha value is -0.810. The first kappa shape index (κ1) is 8.77. The molecule has 4 nitrogen and oxygen atoms in total. The zero-order valence-corrected chi connectivity index (χ0v) is 8.19. The molecular weight excluding hydrogens is 212 g/mol. The molecule has 0 aliphatic carbocycles. The van der Waals surface area contributed by atoms with Crippen LogP contribution in [0, 0.1) is 0 Å². The molecule has 1 N–H and O–H groups in total. The lowest BCUT2D eigenvalue weighted by Crippen LogP contribution is -2.24. The highest BCUT2D eigenvalue weighted by atomic mass is 35.5. The van der Waals surface area contributed by atoms with E-state index in [4.69, 9.17) is 11.6 Å². The standard InChI is InChI=1S/C7H7ClN2O2S/c8-5-3-6-7(10-4-5)13(11,12)2-1-9-6/h3-4,9H,1-2H2. The van der Waals surface area contributed by atoms with E-state index >= 15 is 0 Å². The Bertz CT molecular complexity index is 444. The van der Waals surface area contributed by atoms with Crippen molar-refractivity contribution in [3.8, 4) is 0 Å². The molecule has 0 unspecified atom stereocenters. The molecule has 70 valence electrons. The van der Waals surface area contributed by atoms with Crippen LogP contribution in [-0.2, 0) is 9.84 Å². The molecule has 0 saturated carbocycles. The highest BCUT2D eigenvalue weighted by Crippen LogP contribution is 2.26. The summed E-state index contributed by atoms with van der Waals surface area (Å²) in [7, 11) is -3.19. The summed E-state index contributed by atoms with van der Waals surface area (Å²) in [4.78, 5) is 3.79. The molecule has 6 heteroatoms. The Kier molecular flexibility index (Phi) is 1.92. The van der Waals surface area contributed by atoms with Crippen LogP contribution in [-0.4, -0.2) is 25.7 Å². The second-order valence-corrected chi connectivity index (χ2v) is 5.21. The summed E-state index contributed by atoms with van der Waals surface area (Å²) in [6.45, 7) is 0.414. The van der Waals surface area contributed by atoms with E-state index in [1.165, 1.54) is 6.20 Å². The SMILES string of the molecule is O=S1(=O)CCNc2cc(Cl)cnc21. The maximum absolute atomic E-state index is 11.4. The lowest BCUT2D eigenvalue weighted by atomic mass is 10.4. The third-order valence-electron chi connectivity index (χ3n) is 1.80. The highest BCUT2D eigenvalue weighted by Gasteiger charge is 2.24. The van der Waals surface area contributed by atoms with Crippen LogP contribution in [0.1, 0.15) is 0 Å². The second kappa shape index (κ2) is 2.85. The van der Waals surface area contributed by atoms with Gasteiger partial charge in [-0.05, 0) is 6.07 Å². The number of anilines is 1. The fourth-order valence-corrected chi connectivity index (χ4v) is 2.62. The van der Waals surface area contributed by atoms with Crippen molar-refractivity contribution in [2.45, 2.75) is 5.03 Å². The van der Waals surface area contributed by atoms with Gasteiger partial charge in [0.25, 0.3) is 0 Å². The monoisotopic (exact) mass is 218 g/mol. The van der Waals surface area contributed by atoms with Crippen LogP contribution in [0.4, 0.5) is 5.69 Å². The van der Waals surface area contributed by atoms with Crippen LogP contribution in [0.5, 0.6) is 0 Å². The number of rotatable bonds is 0. The van der Waals surface area contributed by atoms with Gasteiger partial charge < -0.3 is 5.32 Å². The first-order valence-corrected chi connectivity index (χ1v) is 5.75. The van der Waals surface area contributed by atoms with Gasteiger partial charge in [-0.25, -0.2) is 13.4 Å². The first-order valence-electron chi connectivity index (χ1n) is 3.72. The second-order valence-electron chi connectivity index (χ2n) is 2.75. The molecule has 0 radical (unpaired) electrons. The van der Waals surface area contributed by atoms with Gasteiger partial charge in [-0.3, -0.25) is 0 Å². The van der Waals surface area contributed by atoms with E-state index in [-0.39, 0.29) is 10.8 Å². The van der Waals surface area contributed by atoms with Crippen molar-refractivity contribution >= 4 is 27.1 Å². The molecular formula is C7H7ClN2O2S. The number of hydrogen-bond donors (Lipinski definition) is 1. The average Bonchev–Trinajstić information content (AvgIpc) is 2.02. The molecule has 1 aromatic heterocycles. The van der Waals surface area contributed by atoms with Gasteiger partial charge in [-0.2, -0.15) is 0 Å². The minimum Gasteiger partial charge on any atom is -0.382 e. The van der Waals surface area contributed by atoms with Crippen molar-refractivity contribution < 1.29 is 8.42 Å². The predicted molar refractivity (Wildman–Crippen MR) is 49.8 cm³/mol. The largest absolute Gasteiger partial charge is 0.382 e. The van der Waals surface area contributed by atoms with Gasteiger partial charge >= 0.3 is 0 Å². The Labute approximate surface area is 80.9 Å². The van der Waals surface area contributed by atoms with Gasteiger partial charge in [0.15, 0.2) is 14.9 Å². The number of nitrogens with zero attached hydrogens (tertiary/aromatic N) is 1. The van der Waals surface area contributed by atoms with E-state index < -0.39 is 9.84 Å². The van der Waals surface area contributed by atoms with Crippen LogP contribution in [0.3, 0.4) is 0 Å². The van der Waals surface area contributed by atoms with Crippen molar-refractivity contribution in [3.05, 3.63) is 17.3 Å². The van der Waals surface area contributed by atoms with Crippen LogP contribution in [0.2, 0.25) is 5.02 Å². The zero-order valence-electron chi connectivity index (χ0n) is 6.62. The molecule has 0 spiro atoms. The van der Waals surface area contributed by atoms with Gasteiger partial charge in [0, 0.05) is 12.7 Å². The van der Waals surface area contributed by atoms with Crippen molar-refractivity contribution in [2.75, 3.05) is 17.6 Å². The molecule has 0 amide bonds. The van der Waals surface area contributed by atoms with E-state index in [1.54, 1.807) is 6.07 Å². The molecule has 2 heterocycles. The maximum atomic E-state index is 11.4. The topological polar surface area (TPSA) is 59.1 Å². The fraction of sp³-hybridized carbons (Fsp3) is 0.286. The summed E-state index contributed by atoms with van der Waals surface area (Å²) < 4.78 is 22.9. The summed E-state index contributed by atoms with van der Waals surface area (Å²) in [6.07, 6.45) is 1.34. The minimum atomic E-state index is -3.19. The molecule has 0 atom stereocenters. The number of sulfone groups is 1. The highest BCUT2D eigenvalue weighted by molar-refractivity contribution is 7.91. The van der Waals surface area contributed by atoms with Crippen molar-refractivity contribution in [1.82, 2.24) is 4.98 Å². The molecule has 2 rings (SSSR count). The zero-order chi connectivity index (χ0) is 9.47. The summed E-state index contributed by atoms with van der Waals surface area (Å²) in [5, 5.41) is 3.47. The third-order valence-corrected chi connectivity index (χ3v) is 3.66. The van der Waals surface area contributed by atoms with E-state index in [0.29, 0.717) is 17.3 Å². The van der Waals surface area contributed by atoms with Crippen LogP contribution in [0.25, 0.3) is 0 Å². The van der Waals surface area contributed by atoms with Crippen LogP contribution >= 0.6 is 11.6 Å². The molecule has 1 aliphatic rings. The summed E-state index contributed by atoms with van der Waals surface area (Å²) in [5.74, 6) is 0.0919. The van der Waals surface area contributed by atoms with Crippen molar-refractivity contribution in [3.63, 3.8) is 0 Å². The van der Waals surface area contributed by atoms with E-state index in [0.717, 1.165) is 0 Å². The van der Waals surface area contributed by atoms with Crippen molar-refractivity contribution in [1.29, 1.82) is 0 Å². The van der Waals surface area contributed by atoms with Gasteiger partial charge in [0.05, 0.1) is 16.5 Å². The smallest absolute Gasteiger partial charge is 0.199 e. The van der Waals surface area contributed by atoms with Gasteiger partial charge in [-0.1, -0.05) is 11.6 Å². The lowest BCUT2D eigenvalue weighted by Gasteiger charge is -2.16. The number of pyridine rings is 1. The van der Waals surface area contributed by atoms with E-state index in [9.17, 15) is 8.42 Å². The predicted octanol–water partition coefficient (Wildman–Crippen LogP) is 0.934. The van der Waals surface area contributed by atoms with E-state index in [2.05, 4.69) is 10.3 Å². The van der Waals surface area contributed by atoms with Crippen molar-refractivity contribution in [2.24, 2.45) is 0 Å². The molecule has 1 aliphatic heterocycles. The maximum Gasteiger partial charge on any atom is 0.199 e. The molecule has 0 aromatic carbocycles. The van der Waals surface area contributed by atoms with Crippen LogP contribution in [0.15, 0.2) is 17.3 Å². The lowest BCUT2D eigenvalue weighted by molar-refractivity contribution is 0.591. The van der Waals surface area contributed by atoms with Crippen LogP contribution < -0.4 is 5.32 Å². The third kappa shape index (κ3) is 1.49. The average molecular weight is 219 g/mol. The summed E-state index contributed by atoms with van der Waals surface area (Å²) >= 11 is 5.67. The van der Waals surface area contributed by atoms with E-state index in [1.807, 2.05) is 0 Å². The molecule has 0 saturated heterocycles.